The number of halogens is 1. The molecule has 2 aliphatic rings. The second kappa shape index (κ2) is 5.40. The van der Waals surface area contributed by atoms with E-state index in [-0.39, 0.29) is 0 Å². The van der Waals surface area contributed by atoms with Gasteiger partial charge in [-0.2, -0.15) is 0 Å². The number of nitrogens with zero attached hydrogens (tertiary/aromatic N) is 2. The quantitative estimate of drug-likeness (QED) is 0.552. The number of esters is 1. The van der Waals surface area contributed by atoms with Crippen LogP contribution in [0.2, 0.25) is 0 Å². The zero-order valence-electron chi connectivity index (χ0n) is 9.52. The van der Waals surface area contributed by atoms with E-state index in [0.29, 0.717) is 11.6 Å². The molecule has 1 atom stereocenters. The Labute approximate surface area is 108 Å². The summed E-state index contributed by atoms with van der Waals surface area (Å²) in [5.41, 5.74) is 1.21. The second-order valence-corrected chi connectivity index (χ2v) is 4.78. The van der Waals surface area contributed by atoms with Gasteiger partial charge in [0.1, 0.15) is 4.61 Å². The molecule has 1 unspecified atom stereocenters. The van der Waals surface area contributed by atoms with Crippen molar-refractivity contribution in [1.82, 2.24) is 0 Å². The van der Waals surface area contributed by atoms with Crippen molar-refractivity contribution < 1.29 is 9.53 Å². The average molecular weight is 297 g/mol. The lowest BCUT2D eigenvalue weighted by Crippen LogP contribution is -2.16. The Morgan fingerprint density at radius 1 is 1.53 bits per heavy atom. The average Bonchev–Trinajstić information content (AvgIpc) is 2.41. The summed E-state index contributed by atoms with van der Waals surface area (Å²) < 4.78 is 5.51. The van der Waals surface area contributed by atoms with Crippen LogP contribution in [-0.4, -0.2) is 25.5 Å². The summed E-state index contributed by atoms with van der Waals surface area (Å²) in [6.07, 6.45) is 8.34. The Hall–Kier alpha value is -1.23. The molecule has 0 aromatic carbocycles. The van der Waals surface area contributed by atoms with Crippen LogP contribution >= 0.6 is 15.9 Å². The maximum atomic E-state index is 11.6. The molecule has 0 N–H and O–H groups in total. The van der Waals surface area contributed by atoms with Crippen LogP contribution in [0.3, 0.4) is 0 Å². The Morgan fingerprint density at radius 2 is 2.35 bits per heavy atom. The third-order valence-corrected chi connectivity index (χ3v) is 3.30. The number of carbonyl (C=O) groups is 1. The minimum atomic E-state index is -0.402. The first-order chi connectivity index (χ1) is 8.20. The SMILES string of the molecule is COC(=O)C1=C2/C=N\C(Br)=C/CCC(C=N1)C2. The van der Waals surface area contributed by atoms with Gasteiger partial charge in [-0.15, -0.1) is 0 Å². The third kappa shape index (κ3) is 2.91. The molecule has 2 heterocycles. The van der Waals surface area contributed by atoms with E-state index in [1.165, 1.54) is 7.11 Å². The third-order valence-electron chi connectivity index (χ3n) is 2.77. The van der Waals surface area contributed by atoms with E-state index in [0.717, 1.165) is 29.4 Å². The number of methoxy groups -OCH3 is 1. The van der Waals surface area contributed by atoms with Crippen LogP contribution in [-0.2, 0) is 9.53 Å². The molecule has 0 saturated carbocycles. The van der Waals surface area contributed by atoms with Gasteiger partial charge < -0.3 is 4.74 Å². The normalized spacial score (nSPS) is 28.6. The predicted molar refractivity (Wildman–Crippen MR) is 70.4 cm³/mol. The highest BCUT2D eigenvalue weighted by Crippen LogP contribution is 2.26. The molecule has 0 aliphatic carbocycles. The van der Waals surface area contributed by atoms with Crippen LogP contribution in [0.15, 0.2) is 31.9 Å². The summed E-state index contributed by atoms with van der Waals surface area (Å²) in [6.45, 7) is 0. The van der Waals surface area contributed by atoms with Crippen molar-refractivity contribution in [3.63, 3.8) is 0 Å². The van der Waals surface area contributed by atoms with Crippen molar-refractivity contribution in [2.24, 2.45) is 15.9 Å². The van der Waals surface area contributed by atoms with Gasteiger partial charge in [0.15, 0.2) is 5.70 Å². The van der Waals surface area contributed by atoms with E-state index in [4.69, 9.17) is 4.74 Å². The van der Waals surface area contributed by atoms with Gasteiger partial charge >= 0.3 is 5.97 Å². The highest BCUT2D eigenvalue weighted by molar-refractivity contribution is 9.11. The van der Waals surface area contributed by atoms with E-state index >= 15 is 0 Å². The highest BCUT2D eigenvalue weighted by atomic mass is 79.9. The second-order valence-electron chi connectivity index (χ2n) is 3.97. The molecular weight excluding hydrogens is 284 g/mol. The molecule has 2 aliphatic heterocycles. The standard InChI is InChI=1S/C12H13BrN2O2/c1-17-12(16)11-9-5-8(6-15-11)3-2-4-10(13)14-7-9/h4,6-8H,2-3,5H2,1H3/b10-4-,14-7-. The highest BCUT2D eigenvalue weighted by Gasteiger charge is 2.22. The molecule has 0 aromatic rings. The molecule has 2 rings (SSSR count). The number of allylic oxidation sites excluding steroid dienone is 2. The Balaban J connectivity index is 2.36. The van der Waals surface area contributed by atoms with Gasteiger partial charge in [0.2, 0.25) is 0 Å². The van der Waals surface area contributed by atoms with Crippen LogP contribution in [0.5, 0.6) is 0 Å². The van der Waals surface area contributed by atoms with E-state index in [2.05, 4.69) is 25.9 Å². The van der Waals surface area contributed by atoms with E-state index < -0.39 is 5.97 Å². The summed E-state index contributed by atoms with van der Waals surface area (Å²) in [5.74, 6) is -0.0278. The number of carbonyl (C=O) groups excluding carboxylic acids is 1. The lowest BCUT2D eigenvalue weighted by Gasteiger charge is -2.17. The molecule has 0 fully saturated rings. The van der Waals surface area contributed by atoms with Crippen molar-refractivity contribution in [3.8, 4) is 0 Å². The fourth-order valence-corrected chi connectivity index (χ4v) is 2.21. The van der Waals surface area contributed by atoms with Crippen LogP contribution in [0.25, 0.3) is 0 Å². The molecule has 5 heteroatoms. The van der Waals surface area contributed by atoms with Crippen molar-refractivity contribution >= 4 is 34.3 Å². The molecular formula is C12H13BrN2O2. The van der Waals surface area contributed by atoms with E-state index in [9.17, 15) is 4.79 Å². The first kappa shape index (κ1) is 12.2. The predicted octanol–water partition coefficient (Wildman–Crippen LogP) is 2.61. The fourth-order valence-electron chi connectivity index (χ4n) is 1.87. The lowest BCUT2D eigenvalue weighted by molar-refractivity contribution is -0.136. The van der Waals surface area contributed by atoms with Crippen molar-refractivity contribution in [2.45, 2.75) is 19.3 Å². The van der Waals surface area contributed by atoms with Crippen molar-refractivity contribution in [1.29, 1.82) is 0 Å². The molecule has 90 valence electrons. The van der Waals surface area contributed by atoms with Gasteiger partial charge in [-0.3, -0.25) is 4.99 Å². The van der Waals surface area contributed by atoms with Crippen molar-refractivity contribution in [2.75, 3.05) is 7.11 Å². The Morgan fingerprint density at radius 3 is 3.12 bits per heavy atom. The molecule has 0 aromatic heterocycles. The van der Waals surface area contributed by atoms with Gasteiger partial charge in [0.05, 0.1) is 7.11 Å². The van der Waals surface area contributed by atoms with Gasteiger partial charge in [-0.25, -0.2) is 9.79 Å². The van der Waals surface area contributed by atoms with Gasteiger partial charge in [0, 0.05) is 18.0 Å². The van der Waals surface area contributed by atoms with E-state index in [1.807, 2.05) is 12.3 Å². The van der Waals surface area contributed by atoms with Crippen LogP contribution in [0.4, 0.5) is 0 Å². The Kier molecular flexibility index (Phi) is 3.89. The topological polar surface area (TPSA) is 51.0 Å². The van der Waals surface area contributed by atoms with Crippen LogP contribution in [0, 0.1) is 5.92 Å². The molecule has 0 radical (unpaired) electrons. The molecule has 0 spiro atoms. The first-order valence-corrected chi connectivity index (χ1v) is 6.25. The fraction of sp³-hybridized carbons (Fsp3) is 0.417. The van der Waals surface area contributed by atoms with Gasteiger partial charge in [-0.1, -0.05) is 6.08 Å². The lowest BCUT2D eigenvalue weighted by atomic mass is 9.93. The number of hydrogen-bond acceptors (Lipinski definition) is 4. The summed E-state index contributed by atoms with van der Waals surface area (Å²) in [5, 5.41) is 0. The summed E-state index contributed by atoms with van der Waals surface area (Å²) in [4.78, 5) is 20.0. The maximum absolute atomic E-state index is 11.6. The Bertz CT molecular complexity index is 449. The maximum Gasteiger partial charge on any atom is 0.356 e. The number of fused-ring (bicyclic) bond motifs is 2. The summed E-state index contributed by atoms with van der Waals surface area (Å²) in [6, 6.07) is 0. The minimum Gasteiger partial charge on any atom is -0.464 e. The minimum absolute atomic E-state index is 0.370. The number of hydrogen-bond donors (Lipinski definition) is 0. The molecule has 0 saturated heterocycles. The molecule has 2 bridgehead atoms. The van der Waals surface area contributed by atoms with Crippen molar-refractivity contribution in [3.05, 3.63) is 22.0 Å². The zero-order valence-corrected chi connectivity index (χ0v) is 11.1. The van der Waals surface area contributed by atoms with Crippen LogP contribution in [0.1, 0.15) is 19.3 Å². The number of aliphatic imine (C=N–C) groups is 2. The monoisotopic (exact) mass is 296 g/mol. The van der Waals surface area contributed by atoms with E-state index in [1.54, 1.807) is 6.21 Å². The largest absolute Gasteiger partial charge is 0.464 e. The molecule has 17 heavy (non-hydrogen) atoms. The van der Waals surface area contributed by atoms with Gasteiger partial charge in [0.25, 0.3) is 0 Å². The van der Waals surface area contributed by atoms with Gasteiger partial charge in [-0.05, 0) is 41.1 Å². The number of rotatable bonds is 1. The first-order valence-electron chi connectivity index (χ1n) is 5.46. The molecule has 0 amide bonds. The number of ether oxygens (including phenoxy) is 1. The smallest absolute Gasteiger partial charge is 0.356 e. The zero-order chi connectivity index (χ0) is 12.3. The summed E-state index contributed by atoms with van der Waals surface area (Å²) in [7, 11) is 1.36. The van der Waals surface area contributed by atoms with Crippen LogP contribution < -0.4 is 0 Å². The molecule has 4 nitrogen and oxygen atoms in total. The summed E-state index contributed by atoms with van der Waals surface area (Å²) >= 11 is 3.36.